The van der Waals surface area contributed by atoms with Gasteiger partial charge in [0.1, 0.15) is 11.9 Å². The van der Waals surface area contributed by atoms with E-state index in [0.717, 1.165) is 0 Å². The first-order valence-corrected chi connectivity index (χ1v) is 6.36. The molecule has 0 spiro atoms. The molecule has 0 heterocycles. The number of carbonyl (C=O) groups is 1. The van der Waals surface area contributed by atoms with Crippen molar-refractivity contribution in [2.24, 2.45) is 5.11 Å². The zero-order valence-electron chi connectivity index (χ0n) is 11.3. The third-order valence-corrected chi connectivity index (χ3v) is 2.59. The van der Waals surface area contributed by atoms with Crippen molar-refractivity contribution < 1.29 is 13.9 Å². The Kier molecular flexibility index (Phi) is 7.10. The van der Waals surface area contributed by atoms with E-state index in [2.05, 4.69) is 15.3 Å². The Bertz CT molecular complexity index is 489. The van der Waals surface area contributed by atoms with E-state index in [1.54, 1.807) is 19.1 Å². The Balaban J connectivity index is 2.73. The molecule has 0 aliphatic heterocycles. The number of nitrogens with zero attached hydrogens (tertiary/aromatic N) is 3. The quantitative estimate of drug-likeness (QED) is 0.261. The number of azide groups is 1. The number of nitrogens with one attached hydrogen (secondary N) is 1. The minimum Gasteiger partial charge on any atom is -0.465 e. The lowest BCUT2D eigenvalue weighted by Gasteiger charge is -2.18. The van der Waals surface area contributed by atoms with Gasteiger partial charge in [0.15, 0.2) is 0 Å². The molecule has 0 bridgehead atoms. The zero-order chi connectivity index (χ0) is 14.8. The molecule has 1 N–H and O–H groups in total. The SMILES string of the molecule is CCOC(=O)C(NCCCN=[N+]=[N-])c1ccccc1F. The van der Waals surface area contributed by atoms with Gasteiger partial charge in [-0.1, -0.05) is 23.3 Å². The molecule has 20 heavy (non-hydrogen) atoms. The van der Waals surface area contributed by atoms with E-state index in [0.29, 0.717) is 19.5 Å². The first-order chi connectivity index (χ1) is 9.70. The molecule has 108 valence electrons. The Morgan fingerprint density at radius 1 is 1.55 bits per heavy atom. The van der Waals surface area contributed by atoms with Crippen LogP contribution >= 0.6 is 0 Å². The van der Waals surface area contributed by atoms with Gasteiger partial charge in [-0.3, -0.25) is 0 Å². The molecular formula is C13H17FN4O2. The van der Waals surface area contributed by atoms with Crippen molar-refractivity contribution in [2.75, 3.05) is 19.7 Å². The van der Waals surface area contributed by atoms with Crippen molar-refractivity contribution in [3.8, 4) is 0 Å². The maximum absolute atomic E-state index is 13.8. The van der Waals surface area contributed by atoms with Crippen LogP contribution in [0.3, 0.4) is 0 Å². The summed E-state index contributed by atoms with van der Waals surface area (Å²) in [4.78, 5) is 14.5. The molecular weight excluding hydrogens is 263 g/mol. The third kappa shape index (κ3) is 4.87. The molecule has 0 saturated carbocycles. The average molecular weight is 280 g/mol. The molecule has 1 aromatic carbocycles. The van der Waals surface area contributed by atoms with Gasteiger partial charge in [0.25, 0.3) is 0 Å². The monoisotopic (exact) mass is 280 g/mol. The zero-order valence-corrected chi connectivity index (χ0v) is 11.3. The third-order valence-electron chi connectivity index (χ3n) is 2.59. The Labute approximate surface area is 116 Å². The summed E-state index contributed by atoms with van der Waals surface area (Å²) >= 11 is 0. The number of rotatable bonds is 8. The van der Waals surface area contributed by atoms with Crippen molar-refractivity contribution in [1.29, 1.82) is 0 Å². The van der Waals surface area contributed by atoms with Crippen LogP contribution in [0.4, 0.5) is 4.39 Å². The van der Waals surface area contributed by atoms with Crippen LogP contribution in [0.15, 0.2) is 29.4 Å². The molecule has 0 saturated heterocycles. The first-order valence-electron chi connectivity index (χ1n) is 6.36. The summed E-state index contributed by atoms with van der Waals surface area (Å²) in [5.41, 5.74) is 8.41. The van der Waals surface area contributed by atoms with Gasteiger partial charge in [-0.15, -0.1) is 0 Å². The maximum atomic E-state index is 13.8. The van der Waals surface area contributed by atoms with E-state index >= 15 is 0 Å². The lowest BCUT2D eigenvalue weighted by Crippen LogP contribution is -2.32. The predicted octanol–water partition coefficient (Wildman–Crippen LogP) is 2.72. The number of halogens is 1. The summed E-state index contributed by atoms with van der Waals surface area (Å²) in [6.45, 7) is 2.65. The van der Waals surface area contributed by atoms with Crippen LogP contribution in [0, 0.1) is 5.82 Å². The fourth-order valence-corrected chi connectivity index (χ4v) is 1.70. The standard InChI is InChI=1S/C13H17FN4O2/c1-2-20-13(19)12(16-8-5-9-17-18-15)10-6-3-4-7-11(10)14/h3-4,6-7,12,16H,2,5,8-9H2,1H3. The molecule has 0 fully saturated rings. The van der Waals surface area contributed by atoms with Crippen molar-refractivity contribution in [2.45, 2.75) is 19.4 Å². The molecule has 0 radical (unpaired) electrons. The summed E-state index contributed by atoms with van der Waals surface area (Å²) < 4.78 is 18.7. The second kappa shape index (κ2) is 8.90. The van der Waals surface area contributed by atoms with Crippen molar-refractivity contribution in [3.05, 3.63) is 46.1 Å². The minimum atomic E-state index is -0.859. The highest BCUT2D eigenvalue weighted by molar-refractivity contribution is 5.77. The fraction of sp³-hybridized carbons (Fsp3) is 0.462. The molecule has 0 aliphatic rings. The van der Waals surface area contributed by atoms with Crippen LogP contribution in [0.2, 0.25) is 0 Å². The molecule has 0 aromatic heterocycles. The average Bonchev–Trinajstić information content (AvgIpc) is 2.44. The Hall–Kier alpha value is -2.11. The van der Waals surface area contributed by atoms with Crippen molar-refractivity contribution in [3.63, 3.8) is 0 Å². The molecule has 7 heteroatoms. The summed E-state index contributed by atoms with van der Waals surface area (Å²) in [6, 6.07) is 5.19. The van der Waals surface area contributed by atoms with Crippen LogP contribution in [0.25, 0.3) is 10.4 Å². The number of ether oxygens (including phenoxy) is 1. The highest BCUT2D eigenvalue weighted by Gasteiger charge is 2.23. The molecule has 1 atom stereocenters. The van der Waals surface area contributed by atoms with Gasteiger partial charge in [-0.25, -0.2) is 9.18 Å². The van der Waals surface area contributed by atoms with E-state index in [1.807, 2.05) is 0 Å². The smallest absolute Gasteiger partial charge is 0.327 e. The van der Waals surface area contributed by atoms with Gasteiger partial charge >= 0.3 is 5.97 Å². The minimum absolute atomic E-state index is 0.226. The summed E-state index contributed by atoms with van der Waals surface area (Å²) in [7, 11) is 0. The largest absolute Gasteiger partial charge is 0.465 e. The summed E-state index contributed by atoms with van der Waals surface area (Å²) in [5, 5.41) is 6.31. The molecule has 0 amide bonds. The van der Waals surface area contributed by atoms with E-state index in [9.17, 15) is 9.18 Å². The number of hydrogen-bond acceptors (Lipinski definition) is 4. The van der Waals surface area contributed by atoms with Gasteiger partial charge < -0.3 is 10.1 Å². The van der Waals surface area contributed by atoms with Gasteiger partial charge in [0.2, 0.25) is 0 Å². The lowest BCUT2D eigenvalue weighted by molar-refractivity contribution is -0.145. The number of benzene rings is 1. The normalized spacial score (nSPS) is 11.5. The van der Waals surface area contributed by atoms with E-state index < -0.39 is 17.8 Å². The number of hydrogen-bond donors (Lipinski definition) is 1. The van der Waals surface area contributed by atoms with Gasteiger partial charge in [0, 0.05) is 17.0 Å². The van der Waals surface area contributed by atoms with E-state index in [-0.39, 0.29) is 12.2 Å². The van der Waals surface area contributed by atoms with Gasteiger partial charge in [0.05, 0.1) is 6.61 Å². The topological polar surface area (TPSA) is 87.1 Å². The van der Waals surface area contributed by atoms with Crippen molar-refractivity contribution >= 4 is 5.97 Å². The van der Waals surface area contributed by atoms with Crippen LogP contribution in [0.5, 0.6) is 0 Å². The molecule has 0 aliphatic carbocycles. The second-order valence-corrected chi connectivity index (χ2v) is 3.97. The van der Waals surface area contributed by atoms with Crippen molar-refractivity contribution in [1.82, 2.24) is 5.32 Å². The Morgan fingerprint density at radius 2 is 2.30 bits per heavy atom. The van der Waals surface area contributed by atoms with E-state index in [1.165, 1.54) is 12.1 Å². The Morgan fingerprint density at radius 3 is 2.95 bits per heavy atom. The maximum Gasteiger partial charge on any atom is 0.327 e. The van der Waals surface area contributed by atoms with Crippen LogP contribution < -0.4 is 5.32 Å². The lowest BCUT2D eigenvalue weighted by atomic mass is 10.1. The van der Waals surface area contributed by atoms with Crippen LogP contribution in [-0.2, 0) is 9.53 Å². The fourth-order valence-electron chi connectivity index (χ4n) is 1.70. The predicted molar refractivity (Wildman–Crippen MR) is 72.4 cm³/mol. The van der Waals surface area contributed by atoms with E-state index in [4.69, 9.17) is 10.3 Å². The number of esters is 1. The molecule has 6 nitrogen and oxygen atoms in total. The molecule has 1 unspecified atom stereocenters. The van der Waals surface area contributed by atoms with Gasteiger partial charge in [-0.2, -0.15) is 0 Å². The number of carbonyl (C=O) groups excluding carboxylic acids is 1. The molecule has 1 rings (SSSR count). The van der Waals surface area contributed by atoms with Crippen LogP contribution in [0.1, 0.15) is 24.9 Å². The summed E-state index contributed by atoms with van der Waals surface area (Å²) in [5.74, 6) is -0.991. The second-order valence-electron chi connectivity index (χ2n) is 3.97. The highest BCUT2D eigenvalue weighted by atomic mass is 19.1. The highest BCUT2D eigenvalue weighted by Crippen LogP contribution is 2.18. The van der Waals surface area contributed by atoms with Crippen LogP contribution in [-0.4, -0.2) is 25.7 Å². The summed E-state index contributed by atoms with van der Waals surface area (Å²) in [6.07, 6.45) is 0.550. The first kappa shape index (κ1) is 15.9. The van der Waals surface area contributed by atoms with Gasteiger partial charge in [-0.05, 0) is 31.5 Å². The molecule has 1 aromatic rings.